The molecule has 160 valence electrons. The number of oxazole rings is 1. The van der Waals surface area contributed by atoms with E-state index in [2.05, 4.69) is 10.3 Å². The van der Waals surface area contributed by atoms with Crippen molar-refractivity contribution in [2.24, 2.45) is 0 Å². The number of amides is 1. The fourth-order valence-electron chi connectivity index (χ4n) is 2.83. The Morgan fingerprint density at radius 3 is 2.30 bits per heavy atom. The summed E-state index contributed by atoms with van der Waals surface area (Å²) in [6.45, 7) is 2.03. The predicted octanol–water partition coefficient (Wildman–Crippen LogP) is 0.332. The van der Waals surface area contributed by atoms with E-state index < -0.39 is 11.5 Å². The summed E-state index contributed by atoms with van der Waals surface area (Å²) in [5.74, 6) is -1.94. The smallest absolute Gasteiger partial charge is 0.279 e. The minimum absolute atomic E-state index is 0.0119. The number of nitrogens with zero attached hydrogens (tertiary/aromatic N) is 2. The van der Waals surface area contributed by atoms with Gasteiger partial charge in [-0.25, -0.2) is 4.98 Å². The Kier molecular flexibility index (Phi) is 7.91. The van der Waals surface area contributed by atoms with E-state index in [0.29, 0.717) is 22.8 Å². The van der Waals surface area contributed by atoms with Crippen LogP contribution in [0, 0.1) is 0 Å². The maximum absolute atomic E-state index is 10.7. The molecule has 2 radical (unpaired) electrons. The first-order valence-corrected chi connectivity index (χ1v) is 9.59. The fraction of sp³-hybridized carbons (Fsp3) is 0.450. The van der Waals surface area contributed by atoms with Crippen molar-refractivity contribution >= 4 is 20.5 Å². The first-order chi connectivity index (χ1) is 14.2. The van der Waals surface area contributed by atoms with Crippen molar-refractivity contribution in [3.63, 3.8) is 0 Å². The Balaban J connectivity index is 0.000000183. The molecule has 4 N–H and O–H groups in total. The molecule has 1 aliphatic heterocycles. The lowest BCUT2D eigenvalue weighted by Crippen LogP contribution is -2.50. The van der Waals surface area contributed by atoms with Crippen LogP contribution in [0.1, 0.15) is 53.7 Å². The maximum Gasteiger partial charge on any atom is 0.279 e. The summed E-state index contributed by atoms with van der Waals surface area (Å²) in [7, 11) is 7.46. The van der Waals surface area contributed by atoms with Crippen molar-refractivity contribution in [3.05, 3.63) is 53.2 Å². The first kappa shape index (κ1) is 23.8. The summed E-state index contributed by atoms with van der Waals surface area (Å²) in [6.07, 6.45) is 6.72. The molecular formula is C20H26BN3O6. The van der Waals surface area contributed by atoms with Crippen molar-refractivity contribution < 1.29 is 29.3 Å². The lowest BCUT2D eigenvalue weighted by molar-refractivity contribution is -0.287. The van der Waals surface area contributed by atoms with Gasteiger partial charge in [-0.3, -0.25) is 14.5 Å². The predicted molar refractivity (Wildman–Crippen MR) is 108 cm³/mol. The number of aromatic nitrogens is 1. The van der Waals surface area contributed by atoms with E-state index in [0.717, 1.165) is 18.9 Å². The number of carbonyl (C=O) groups excluding carboxylic acids is 2. The minimum Gasteiger partial charge on any atom is -0.448 e. The lowest BCUT2D eigenvalue weighted by Gasteiger charge is -2.33. The monoisotopic (exact) mass is 415 g/mol. The minimum atomic E-state index is -2.58. The van der Waals surface area contributed by atoms with Crippen LogP contribution in [0.5, 0.6) is 0 Å². The fourth-order valence-corrected chi connectivity index (χ4v) is 2.83. The quantitative estimate of drug-likeness (QED) is 0.312. The molecule has 1 aromatic heterocycles. The van der Waals surface area contributed by atoms with Gasteiger partial charge in [0.1, 0.15) is 17.6 Å². The molecule has 1 aliphatic carbocycles. The topological polar surface area (TPSA) is 136 Å². The third-order valence-electron chi connectivity index (χ3n) is 4.63. The highest BCUT2D eigenvalue weighted by atomic mass is 16.5. The van der Waals surface area contributed by atoms with Crippen LogP contribution < -0.4 is 5.32 Å². The summed E-state index contributed by atoms with van der Waals surface area (Å²) in [5, 5.41) is 32.2. The third-order valence-corrected chi connectivity index (χ3v) is 4.63. The van der Waals surface area contributed by atoms with E-state index in [-0.39, 0.29) is 17.5 Å². The van der Waals surface area contributed by atoms with Crippen molar-refractivity contribution in [2.45, 2.75) is 50.2 Å². The second-order valence-electron chi connectivity index (χ2n) is 6.98. The number of carbonyl (C=O) groups is 2. The van der Waals surface area contributed by atoms with Crippen LogP contribution in [0.2, 0.25) is 0 Å². The maximum atomic E-state index is 10.7. The van der Waals surface area contributed by atoms with Crippen LogP contribution in [-0.4, -0.2) is 58.8 Å². The Hall–Kier alpha value is -2.53. The average Bonchev–Trinajstić information content (AvgIpc) is 3.43. The molecular weight excluding hydrogens is 389 g/mol. The molecule has 30 heavy (non-hydrogen) atoms. The zero-order valence-electron chi connectivity index (χ0n) is 17.0. The molecule has 0 bridgehead atoms. The summed E-state index contributed by atoms with van der Waals surface area (Å²) in [5.41, 5.74) is -1.75. The van der Waals surface area contributed by atoms with E-state index >= 15 is 0 Å². The standard InChI is InChI=1S/C9H8BNO4.C7H9NO2.C4H9N/c10-8(13)6-3-1-2-4-7(6)9(14,15)11(8)5-12;1-2-3-7-8-6(4-9)5-10-7;1-5-4-2-3-4/h1-5,13-15H;4-5H,2-3H2,1H3;4-5H,2-3H2,1H3. The number of rotatable bonds is 5. The number of hydrogen-bond acceptors (Lipinski definition) is 8. The second kappa shape index (κ2) is 9.99. The molecule has 1 aromatic carbocycles. The van der Waals surface area contributed by atoms with E-state index in [1.807, 2.05) is 14.0 Å². The summed E-state index contributed by atoms with van der Waals surface area (Å²) >= 11 is 0. The van der Waals surface area contributed by atoms with Crippen LogP contribution in [0.25, 0.3) is 0 Å². The second-order valence-corrected chi connectivity index (χ2v) is 6.98. The molecule has 1 atom stereocenters. The van der Waals surface area contributed by atoms with Gasteiger partial charge in [0.15, 0.2) is 20.0 Å². The lowest BCUT2D eigenvalue weighted by atomic mass is 9.84. The highest BCUT2D eigenvalue weighted by Crippen LogP contribution is 2.42. The normalized spacial score (nSPS) is 20.9. The van der Waals surface area contributed by atoms with Crippen LogP contribution in [0.4, 0.5) is 0 Å². The number of hydrogen-bond donors (Lipinski definition) is 4. The van der Waals surface area contributed by atoms with Gasteiger partial charge in [-0.15, -0.1) is 0 Å². The molecule has 2 heterocycles. The summed E-state index contributed by atoms with van der Waals surface area (Å²) in [4.78, 5) is 25.0. The average molecular weight is 415 g/mol. The van der Waals surface area contributed by atoms with Gasteiger partial charge in [0.2, 0.25) is 6.41 Å². The molecule has 0 saturated heterocycles. The van der Waals surface area contributed by atoms with Gasteiger partial charge in [0, 0.05) is 23.6 Å². The third kappa shape index (κ3) is 5.34. The molecule has 10 heteroatoms. The van der Waals surface area contributed by atoms with Crippen molar-refractivity contribution in [2.75, 3.05) is 7.05 Å². The van der Waals surface area contributed by atoms with Gasteiger partial charge in [-0.05, 0) is 26.3 Å². The number of aryl methyl sites for hydroxylation is 1. The van der Waals surface area contributed by atoms with Gasteiger partial charge >= 0.3 is 0 Å². The number of fused-ring (bicyclic) bond motifs is 1. The summed E-state index contributed by atoms with van der Waals surface area (Å²) < 4.78 is 4.95. The van der Waals surface area contributed by atoms with E-state index in [1.165, 1.54) is 31.2 Å². The molecule has 1 unspecified atom stereocenters. The van der Waals surface area contributed by atoms with Crippen molar-refractivity contribution in [1.82, 2.24) is 15.2 Å². The number of nitrogens with one attached hydrogen (secondary N) is 1. The SMILES string of the molecule is CCCc1nc(C=O)co1.CNC1CC1.[B]C1(O)c2ccccc2C(O)(O)N1C=O. The zero-order chi connectivity index (χ0) is 22.4. The Morgan fingerprint density at radius 1 is 1.27 bits per heavy atom. The molecule has 2 aromatic rings. The molecule has 9 nitrogen and oxygen atoms in total. The van der Waals surface area contributed by atoms with Crippen LogP contribution in [0.15, 0.2) is 34.9 Å². The van der Waals surface area contributed by atoms with Crippen LogP contribution >= 0.6 is 0 Å². The highest BCUT2D eigenvalue weighted by molar-refractivity contribution is 6.15. The first-order valence-electron chi connectivity index (χ1n) is 9.59. The molecule has 1 fully saturated rings. The largest absolute Gasteiger partial charge is 0.448 e. The van der Waals surface area contributed by atoms with Gasteiger partial charge in [0.25, 0.3) is 5.91 Å². The summed E-state index contributed by atoms with van der Waals surface area (Å²) in [6, 6.07) is 6.79. The number of aliphatic hydroxyl groups is 3. The van der Waals surface area contributed by atoms with E-state index in [4.69, 9.17) is 12.3 Å². The van der Waals surface area contributed by atoms with Crippen molar-refractivity contribution in [3.8, 4) is 0 Å². The molecule has 2 aliphatic rings. The van der Waals surface area contributed by atoms with E-state index in [9.17, 15) is 24.9 Å². The van der Waals surface area contributed by atoms with E-state index in [1.54, 1.807) is 12.1 Å². The Morgan fingerprint density at radius 2 is 1.90 bits per heavy atom. The van der Waals surface area contributed by atoms with Crippen molar-refractivity contribution in [1.29, 1.82) is 0 Å². The number of aldehydes is 1. The molecule has 4 rings (SSSR count). The highest BCUT2D eigenvalue weighted by Gasteiger charge is 2.53. The van der Waals surface area contributed by atoms with Crippen LogP contribution in [-0.2, 0) is 22.8 Å². The van der Waals surface area contributed by atoms with Gasteiger partial charge < -0.3 is 25.1 Å². The van der Waals surface area contributed by atoms with Gasteiger partial charge in [-0.1, -0.05) is 31.2 Å². The zero-order valence-corrected chi connectivity index (χ0v) is 17.0. The Labute approximate surface area is 176 Å². The molecule has 0 spiro atoms. The van der Waals surface area contributed by atoms with Gasteiger partial charge in [-0.2, -0.15) is 0 Å². The number of benzene rings is 1. The van der Waals surface area contributed by atoms with Crippen LogP contribution in [0.3, 0.4) is 0 Å². The molecule has 1 amide bonds. The molecule has 1 saturated carbocycles. The van der Waals surface area contributed by atoms with Gasteiger partial charge in [0.05, 0.1) is 0 Å². The Bertz CT molecular complexity index is 816.